The van der Waals surface area contributed by atoms with Crippen LogP contribution in [-0.2, 0) is 0 Å². The minimum atomic E-state index is -4.52. The average Bonchev–Trinajstić information content (AvgIpc) is 2.14. The van der Waals surface area contributed by atoms with E-state index in [2.05, 4.69) is 12.6 Å². The van der Waals surface area contributed by atoms with Gasteiger partial charge in [0.2, 0.25) is 0 Å². The first kappa shape index (κ1) is 12.6. The van der Waals surface area contributed by atoms with E-state index in [1.807, 2.05) is 13.8 Å². The molecule has 0 saturated heterocycles. The van der Waals surface area contributed by atoms with E-state index in [1.54, 1.807) is 0 Å². The number of aliphatic hydroxyl groups is 1. The normalized spacial score (nSPS) is 43.7. The van der Waals surface area contributed by atoms with Gasteiger partial charge in [-0.15, -0.1) is 0 Å². The lowest BCUT2D eigenvalue weighted by Gasteiger charge is -2.62. The van der Waals surface area contributed by atoms with Gasteiger partial charge in [0.25, 0.3) is 0 Å². The molecular weight excluding hydrogens is 237 g/mol. The van der Waals surface area contributed by atoms with Gasteiger partial charge in [-0.3, -0.25) is 0 Å². The Balaban J connectivity index is 2.20. The van der Waals surface area contributed by atoms with Crippen LogP contribution in [0.3, 0.4) is 0 Å². The molecule has 0 unspecified atom stereocenters. The molecule has 0 radical (unpaired) electrons. The summed E-state index contributed by atoms with van der Waals surface area (Å²) in [6.07, 6.45) is -5.25. The number of alkyl halides is 3. The standard InChI is InChI=1S/C11H17F3OS/c1-10(2)5-3-6(10)8(7(16)4-5)9(15)11(12,13)14/h5-9,15-16H,3-4H2,1-2H3/t5-,6+,7+,8+,9-/m1/s1. The molecule has 1 N–H and O–H groups in total. The predicted molar refractivity (Wildman–Crippen MR) is 58.3 cm³/mol. The van der Waals surface area contributed by atoms with Gasteiger partial charge in [0.05, 0.1) is 0 Å². The average molecular weight is 254 g/mol. The molecule has 0 heterocycles. The van der Waals surface area contributed by atoms with Crippen LogP contribution in [0, 0.1) is 23.2 Å². The first-order chi connectivity index (χ1) is 7.15. The maximum absolute atomic E-state index is 12.6. The molecule has 0 aliphatic heterocycles. The first-order valence-electron chi connectivity index (χ1n) is 5.58. The summed E-state index contributed by atoms with van der Waals surface area (Å²) >= 11 is 4.24. The number of thiol groups is 1. The van der Waals surface area contributed by atoms with Gasteiger partial charge < -0.3 is 5.11 Å². The third-order valence-electron chi connectivity index (χ3n) is 4.68. The Morgan fingerprint density at radius 2 is 1.88 bits per heavy atom. The molecule has 3 saturated carbocycles. The van der Waals surface area contributed by atoms with Crippen molar-refractivity contribution >= 4 is 12.6 Å². The maximum atomic E-state index is 12.6. The van der Waals surface area contributed by atoms with Gasteiger partial charge in [0.15, 0.2) is 6.10 Å². The summed E-state index contributed by atoms with van der Waals surface area (Å²) in [4.78, 5) is 0. The van der Waals surface area contributed by atoms with Crippen LogP contribution < -0.4 is 0 Å². The molecule has 16 heavy (non-hydrogen) atoms. The van der Waals surface area contributed by atoms with E-state index in [0.717, 1.165) is 6.42 Å². The van der Waals surface area contributed by atoms with Gasteiger partial charge in [-0.1, -0.05) is 13.8 Å². The lowest BCUT2D eigenvalue weighted by molar-refractivity contribution is -0.249. The summed E-state index contributed by atoms with van der Waals surface area (Å²) in [5.74, 6) is -0.328. The Kier molecular flexibility index (Phi) is 2.78. The largest absolute Gasteiger partial charge is 0.414 e. The van der Waals surface area contributed by atoms with Crippen LogP contribution in [0.4, 0.5) is 13.2 Å². The number of fused-ring (bicyclic) bond motifs is 2. The Bertz CT molecular complexity index is 287. The summed E-state index contributed by atoms with van der Waals surface area (Å²) in [5.41, 5.74) is -0.0733. The SMILES string of the molecule is CC1(C)[C@H]2C[C@H](S)[C@@H]([C@@H](O)C(F)(F)F)[C@@H]1C2. The Labute approximate surface area is 98.8 Å². The molecule has 5 heteroatoms. The highest BCUT2D eigenvalue weighted by Crippen LogP contribution is 2.63. The lowest BCUT2D eigenvalue weighted by Crippen LogP contribution is -2.61. The molecule has 1 nitrogen and oxygen atoms in total. The summed E-state index contributed by atoms with van der Waals surface area (Å²) in [6.45, 7) is 4.00. The molecule has 3 aliphatic carbocycles. The van der Waals surface area contributed by atoms with Gasteiger partial charge in [-0.05, 0) is 30.1 Å². The lowest BCUT2D eigenvalue weighted by atomic mass is 9.44. The molecule has 3 fully saturated rings. The van der Waals surface area contributed by atoms with Crippen molar-refractivity contribution in [3.63, 3.8) is 0 Å². The van der Waals surface area contributed by atoms with Crippen LogP contribution in [0.1, 0.15) is 26.7 Å². The fourth-order valence-electron chi connectivity index (χ4n) is 3.47. The summed E-state index contributed by atoms with van der Waals surface area (Å²) in [5, 5.41) is 9.11. The van der Waals surface area contributed by atoms with Crippen molar-refractivity contribution in [1.29, 1.82) is 0 Å². The van der Waals surface area contributed by atoms with E-state index < -0.39 is 18.2 Å². The molecule has 0 aromatic rings. The highest BCUT2D eigenvalue weighted by atomic mass is 32.1. The Morgan fingerprint density at radius 1 is 1.31 bits per heavy atom. The van der Waals surface area contributed by atoms with Crippen molar-refractivity contribution < 1.29 is 18.3 Å². The maximum Gasteiger partial charge on any atom is 0.414 e. The quantitative estimate of drug-likeness (QED) is 0.689. The van der Waals surface area contributed by atoms with Crippen LogP contribution in [0.15, 0.2) is 0 Å². The minimum absolute atomic E-state index is 0.0506. The fraction of sp³-hybridized carbons (Fsp3) is 1.00. The van der Waals surface area contributed by atoms with Gasteiger partial charge in [0.1, 0.15) is 0 Å². The second-order valence-corrected chi connectivity index (χ2v) is 6.39. The molecule has 3 rings (SSSR count). The third-order valence-corrected chi connectivity index (χ3v) is 5.24. The molecule has 0 spiro atoms. The van der Waals surface area contributed by atoms with E-state index in [-0.39, 0.29) is 16.6 Å². The summed E-state index contributed by atoms with van der Waals surface area (Å²) in [6, 6.07) is 0. The molecule has 94 valence electrons. The second kappa shape index (κ2) is 3.55. The van der Waals surface area contributed by atoms with Crippen molar-refractivity contribution in [3.8, 4) is 0 Å². The number of hydrogen-bond acceptors (Lipinski definition) is 2. The molecule has 2 bridgehead atoms. The topological polar surface area (TPSA) is 20.2 Å². The third kappa shape index (κ3) is 1.67. The number of aliphatic hydroxyl groups excluding tert-OH is 1. The van der Waals surface area contributed by atoms with Crippen molar-refractivity contribution in [2.75, 3.05) is 0 Å². The van der Waals surface area contributed by atoms with Crippen molar-refractivity contribution in [2.45, 2.75) is 44.2 Å². The van der Waals surface area contributed by atoms with Crippen molar-refractivity contribution in [1.82, 2.24) is 0 Å². The van der Waals surface area contributed by atoms with E-state index >= 15 is 0 Å². The Morgan fingerprint density at radius 3 is 2.31 bits per heavy atom. The molecule has 3 aliphatic rings. The van der Waals surface area contributed by atoms with Gasteiger partial charge in [0, 0.05) is 11.2 Å². The van der Waals surface area contributed by atoms with Gasteiger partial charge in [-0.2, -0.15) is 25.8 Å². The van der Waals surface area contributed by atoms with Crippen LogP contribution in [-0.4, -0.2) is 22.6 Å². The summed E-state index contributed by atoms with van der Waals surface area (Å²) < 4.78 is 37.7. The van der Waals surface area contributed by atoms with Gasteiger partial charge in [-0.25, -0.2) is 0 Å². The highest BCUT2D eigenvalue weighted by molar-refractivity contribution is 7.81. The van der Waals surface area contributed by atoms with Crippen LogP contribution in [0.5, 0.6) is 0 Å². The first-order valence-corrected chi connectivity index (χ1v) is 6.10. The van der Waals surface area contributed by atoms with Crippen LogP contribution in [0.25, 0.3) is 0 Å². The smallest absolute Gasteiger partial charge is 0.383 e. The zero-order valence-electron chi connectivity index (χ0n) is 9.33. The zero-order chi connectivity index (χ0) is 12.3. The van der Waals surface area contributed by atoms with Crippen molar-refractivity contribution in [2.24, 2.45) is 23.2 Å². The van der Waals surface area contributed by atoms with Crippen LogP contribution in [0.2, 0.25) is 0 Å². The highest BCUT2D eigenvalue weighted by Gasteiger charge is 2.62. The monoisotopic (exact) mass is 254 g/mol. The Hall–Kier alpha value is 0.100. The predicted octanol–water partition coefficient (Wildman–Crippen LogP) is 2.89. The summed E-state index contributed by atoms with van der Waals surface area (Å²) in [7, 11) is 0. The van der Waals surface area contributed by atoms with Crippen molar-refractivity contribution in [3.05, 3.63) is 0 Å². The van der Waals surface area contributed by atoms with E-state index in [9.17, 15) is 18.3 Å². The molecule has 0 aromatic heterocycles. The van der Waals surface area contributed by atoms with E-state index in [1.165, 1.54) is 0 Å². The number of halogens is 3. The zero-order valence-corrected chi connectivity index (χ0v) is 10.2. The molecular formula is C11H17F3OS. The van der Waals surface area contributed by atoms with E-state index in [0.29, 0.717) is 12.3 Å². The van der Waals surface area contributed by atoms with Crippen LogP contribution >= 0.6 is 12.6 Å². The van der Waals surface area contributed by atoms with Gasteiger partial charge >= 0.3 is 6.18 Å². The number of rotatable bonds is 1. The number of hydrogen-bond donors (Lipinski definition) is 2. The molecule has 0 aromatic carbocycles. The minimum Gasteiger partial charge on any atom is -0.383 e. The molecule has 5 atom stereocenters. The second-order valence-electron chi connectivity index (χ2n) is 5.73. The fourth-order valence-corrected chi connectivity index (χ4v) is 4.10. The molecule has 0 amide bonds. The van der Waals surface area contributed by atoms with E-state index in [4.69, 9.17) is 0 Å².